The third-order valence-corrected chi connectivity index (χ3v) is 6.33. The molecular weight excluding hydrogens is 344 g/mol. The first kappa shape index (κ1) is 24.1. The molecule has 0 saturated carbocycles. The van der Waals surface area contributed by atoms with Gasteiger partial charge in [-0.1, -0.05) is 0 Å². The smallest absolute Gasteiger partial charge is 0.0215 e. The monoisotopic (exact) mass is 394 g/mol. The SMILES string of the molecule is CC(C)(C)N[C@@H]1CC(CC(C)(C)N2CC[C@H](NC(C)(C)C)C2)N(C(C)(C)C)C1. The molecule has 0 aliphatic carbocycles. The quantitative estimate of drug-likeness (QED) is 0.730. The summed E-state index contributed by atoms with van der Waals surface area (Å²) in [7, 11) is 0. The lowest BCUT2D eigenvalue weighted by atomic mass is 9.90. The molecule has 2 saturated heterocycles. The molecule has 3 atom stereocenters. The van der Waals surface area contributed by atoms with Crippen molar-refractivity contribution in [3.8, 4) is 0 Å². The van der Waals surface area contributed by atoms with Gasteiger partial charge in [0.1, 0.15) is 0 Å². The molecule has 166 valence electrons. The topological polar surface area (TPSA) is 30.5 Å². The molecule has 4 nitrogen and oxygen atoms in total. The third kappa shape index (κ3) is 6.97. The van der Waals surface area contributed by atoms with Crippen LogP contribution in [0.5, 0.6) is 0 Å². The molecule has 28 heavy (non-hydrogen) atoms. The second-order valence-corrected chi connectivity index (χ2v) is 13.1. The summed E-state index contributed by atoms with van der Waals surface area (Å²) in [6.07, 6.45) is 3.77. The van der Waals surface area contributed by atoms with Gasteiger partial charge in [-0.15, -0.1) is 0 Å². The minimum Gasteiger partial charge on any atom is -0.308 e. The van der Waals surface area contributed by atoms with E-state index in [1.807, 2.05) is 0 Å². The number of nitrogens with one attached hydrogen (secondary N) is 2. The fourth-order valence-electron chi connectivity index (χ4n) is 5.39. The van der Waals surface area contributed by atoms with Crippen LogP contribution in [0.1, 0.15) is 95.4 Å². The van der Waals surface area contributed by atoms with E-state index in [1.54, 1.807) is 0 Å². The molecule has 2 rings (SSSR count). The van der Waals surface area contributed by atoms with Crippen molar-refractivity contribution in [1.29, 1.82) is 0 Å². The first-order valence-electron chi connectivity index (χ1n) is 11.5. The molecule has 0 spiro atoms. The molecule has 2 aliphatic rings. The Labute approximate surface area is 176 Å². The Morgan fingerprint density at radius 3 is 1.79 bits per heavy atom. The Kier molecular flexibility index (Phi) is 7.03. The number of hydrogen-bond acceptors (Lipinski definition) is 4. The summed E-state index contributed by atoms with van der Waals surface area (Å²) in [6, 6.07) is 1.86. The molecule has 0 bridgehead atoms. The van der Waals surface area contributed by atoms with Crippen molar-refractivity contribution in [1.82, 2.24) is 20.4 Å². The lowest BCUT2D eigenvalue weighted by Gasteiger charge is -2.43. The Morgan fingerprint density at radius 2 is 1.29 bits per heavy atom. The predicted molar refractivity (Wildman–Crippen MR) is 123 cm³/mol. The van der Waals surface area contributed by atoms with E-state index in [1.165, 1.54) is 32.4 Å². The second-order valence-electron chi connectivity index (χ2n) is 13.1. The van der Waals surface area contributed by atoms with Crippen LogP contribution in [-0.4, -0.2) is 69.7 Å². The van der Waals surface area contributed by atoms with Crippen LogP contribution in [0.4, 0.5) is 0 Å². The van der Waals surface area contributed by atoms with E-state index in [0.29, 0.717) is 18.1 Å². The minimum absolute atomic E-state index is 0.180. The molecule has 0 amide bonds. The molecular formula is C24H50N4. The predicted octanol–water partition coefficient (Wildman–Crippen LogP) is 4.25. The van der Waals surface area contributed by atoms with Crippen LogP contribution >= 0.6 is 0 Å². The summed E-state index contributed by atoms with van der Waals surface area (Å²) in [5.41, 5.74) is 0.833. The lowest BCUT2D eigenvalue weighted by Crippen LogP contribution is -2.52. The maximum atomic E-state index is 3.87. The van der Waals surface area contributed by atoms with Crippen molar-refractivity contribution in [2.75, 3.05) is 19.6 Å². The highest BCUT2D eigenvalue weighted by atomic mass is 15.3. The molecule has 2 heterocycles. The molecule has 2 fully saturated rings. The van der Waals surface area contributed by atoms with Gasteiger partial charge in [-0.05, 0) is 95.4 Å². The highest BCUT2D eigenvalue weighted by Crippen LogP contribution is 2.35. The highest BCUT2D eigenvalue weighted by Gasteiger charge is 2.43. The van der Waals surface area contributed by atoms with Crippen molar-refractivity contribution < 1.29 is 0 Å². The largest absolute Gasteiger partial charge is 0.308 e. The molecule has 4 heteroatoms. The van der Waals surface area contributed by atoms with Gasteiger partial charge in [0, 0.05) is 59.9 Å². The summed E-state index contributed by atoms with van der Waals surface area (Å²) in [5, 5.41) is 7.69. The van der Waals surface area contributed by atoms with Gasteiger partial charge in [-0.3, -0.25) is 9.80 Å². The van der Waals surface area contributed by atoms with Crippen molar-refractivity contribution >= 4 is 0 Å². The van der Waals surface area contributed by atoms with Gasteiger partial charge in [0.15, 0.2) is 0 Å². The standard InChI is InChI=1S/C24H50N4/c1-21(2,3)25-18-12-13-27(16-18)24(10,11)15-20-14-19(26-22(4,5)6)17-28(20)23(7,8)9/h18-20,25-26H,12-17H2,1-11H3/t18-,19+,20?/m0/s1. The van der Waals surface area contributed by atoms with Crippen LogP contribution in [0.15, 0.2) is 0 Å². The second kappa shape index (κ2) is 8.17. The maximum Gasteiger partial charge on any atom is 0.0215 e. The van der Waals surface area contributed by atoms with Gasteiger partial charge in [0.05, 0.1) is 0 Å². The van der Waals surface area contributed by atoms with E-state index in [2.05, 4.69) is 96.6 Å². The van der Waals surface area contributed by atoms with Gasteiger partial charge in [0.2, 0.25) is 0 Å². The Hall–Kier alpha value is -0.160. The van der Waals surface area contributed by atoms with Gasteiger partial charge >= 0.3 is 0 Å². The number of hydrogen-bond donors (Lipinski definition) is 2. The number of nitrogens with zero attached hydrogens (tertiary/aromatic N) is 2. The van der Waals surface area contributed by atoms with Crippen molar-refractivity contribution in [3.63, 3.8) is 0 Å². The van der Waals surface area contributed by atoms with Crippen LogP contribution in [0, 0.1) is 0 Å². The zero-order chi connectivity index (χ0) is 21.5. The molecule has 0 aromatic heterocycles. The highest BCUT2D eigenvalue weighted by molar-refractivity contribution is 5.02. The van der Waals surface area contributed by atoms with E-state index in [-0.39, 0.29) is 22.2 Å². The van der Waals surface area contributed by atoms with Crippen molar-refractivity contribution in [2.45, 2.75) is 136 Å². The fraction of sp³-hybridized carbons (Fsp3) is 1.00. The van der Waals surface area contributed by atoms with Crippen molar-refractivity contribution in [2.24, 2.45) is 0 Å². The fourth-order valence-corrected chi connectivity index (χ4v) is 5.39. The maximum absolute atomic E-state index is 3.87. The van der Waals surface area contributed by atoms with Crippen LogP contribution < -0.4 is 10.6 Å². The molecule has 0 aromatic rings. The van der Waals surface area contributed by atoms with E-state index >= 15 is 0 Å². The Morgan fingerprint density at radius 1 is 0.750 bits per heavy atom. The lowest BCUT2D eigenvalue weighted by molar-refractivity contribution is 0.0609. The van der Waals surface area contributed by atoms with E-state index in [9.17, 15) is 0 Å². The summed E-state index contributed by atoms with van der Waals surface area (Å²) in [5.74, 6) is 0. The molecule has 0 aromatic carbocycles. The summed E-state index contributed by atoms with van der Waals surface area (Å²) in [4.78, 5) is 5.50. The van der Waals surface area contributed by atoms with Gasteiger partial charge < -0.3 is 10.6 Å². The van der Waals surface area contributed by atoms with Crippen LogP contribution in [0.2, 0.25) is 0 Å². The average molecular weight is 395 g/mol. The zero-order valence-corrected chi connectivity index (χ0v) is 20.9. The summed E-state index contributed by atoms with van der Waals surface area (Å²) in [6.45, 7) is 29.3. The zero-order valence-electron chi connectivity index (χ0n) is 20.9. The Balaban J connectivity index is 2.04. The van der Waals surface area contributed by atoms with E-state index < -0.39 is 0 Å². The molecule has 2 N–H and O–H groups in total. The molecule has 0 radical (unpaired) electrons. The van der Waals surface area contributed by atoms with Gasteiger partial charge in [-0.2, -0.15) is 0 Å². The van der Waals surface area contributed by atoms with Crippen LogP contribution in [0.3, 0.4) is 0 Å². The average Bonchev–Trinajstić information content (AvgIpc) is 3.01. The first-order valence-corrected chi connectivity index (χ1v) is 11.5. The van der Waals surface area contributed by atoms with Crippen molar-refractivity contribution in [3.05, 3.63) is 0 Å². The Bertz CT molecular complexity index is 506. The van der Waals surface area contributed by atoms with Gasteiger partial charge in [-0.25, -0.2) is 0 Å². The summed E-state index contributed by atoms with van der Waals surface area (Å²) >= 11 is 0. The number of rotatable bonds is 5. The third-order valence-electron chi connectivity index (χ3n) is 6.33. The van der Waals surface area contributed by atoms with Gasteiger partial charge in [0.25, 0.3) is 0 Å². The first-order chi connectivity index (χ1) is 12.5. The minimum atomic E-state index is 0.180. The normalized spacial score (nSPS) is 29.0. The van der Waals surface area contributed by atoms with Crippen LogP contribution in [0.25, 0.3) is 0 Å². The number of likely N-dealkylation sites (tertiary alicyclic amines) is 2. The van der Waals surface area contributed by atoms with Crippen LogP contribution in [-0.2, 0) is 0 Å². The van der Waals surface area contributed by atoms with E-state index in [4.69, 9.17) is 0 Å². The summed E-state index contributed by atoms with van der Waals surface area (Å²) < 4.78 is 0. The molecule has 2 aliphatic heterocycles. The molecule has 1 unspecified atom stereocenters. The van der Waals surface area contributed by atoms with E-state index in [0.717, 1.165) is 6.54 Å².